The van der Waals surface area contributed by atoms with Crippen LogP contribution in [0.5, 0.6) is 46.0 Å². The smallest absolute Gasteiger partial charge is 0.330 e. The first-order valence-corrected chi connectivity index (χ1v) is 40.4. The maximum Gasteiger partial charge on any atom is 0.330 e. The molecule has 35 nitrogen and oxygen atoms in total. The van der Waals surface area contributed by atoms with Gasteiger partial charge in [-0.2, -0.15) is 0 Å². The summed E-state index contributed by atoms with van der Waals surface area (Å²) in [5.41, 5.74) is 8.00. The Balaban J connectivity index is 0.000000797. The Labute approximate surface area is 696 Å². The molecule has 2 fully saturated rings. The highest BCUT2D eigenvalue weighted by molar-refractivity contribution is 6.32. The number of aliphatic carboxylic acids is 2. The number of aliphatic hydroxyl groups is 6. The van der Waals surface area contributed by atoms with Gasteiger partial charge in [-0.3, -0.25) is 38.4 Å². The van der Waals surface area contributed by atoms with E-state index in [1.54, 1.807) is 0 Å². The fourth-order valence-electron chi connectivity index (χ4n) is 14.8. The van der Waals surface area contributed by atoms with Crippen molar-refractivity contribution in [1.82, 2.24) is 37.2 Å². The van der Waals surface area contributed by atoms with Gasteiger partial charge in [-0.1, -0.05) is 139 Å². The number of primary amides is 1. The highest BCUT2D eigenvalue weighted by Gasteiger charge is 2.52. The number of hydrogen-bond donors (Lipinski definition) is 20. The Morgan fingerprint density at radius 2 is 1.21 bits per heavy atom. The van der Waals surface area contributed by atoms with Gasteiger partial charge in [0.15, 0.2) is 29.9 Å². The van der Waals surface area contributed by atoms with Crippen molar-refractivity contribution < 1.29 is 128 Å². The van der Waals surface area contributed by atoms with E-state index in [4.69, 9.17) is 68.2 Å². The fraction of sp³-hybridized carbons (Fsp3) is 0.524. The number of carbonyl (C=O) groups is 9. The van der Waals surface area contributed by atoms with Crippen LogP contribution in [0.1, 0.15) is 202 Å². The van der Waals surface area contributed by atoms with Crippen LogP contribution in [0.3, 0.4) is 0 Å². The Kier molecular flexibility index (Phi) is 32.9. The molecule has 11 bridgehead atoms. The average molecular weight is 1710 g/mol. The lowest BCUT2D eigenvalue weighted by atomic mass is 9.86. The number of hydrogen-bond acceptors (Lipinski definition) is 26. The van der Waals surface area contributed by atoms with E-state index in [9.17, 15) is 79.8 Å². The Morgan fingerprint density at radius 3 is 1.76 bits per heavy atom. The number of likely N-dealkylation sites (N-methyl/N-ethyl adjacent to an activating group) is 1. The maximum absolute atomic E-state index is 16.0. The summed E-state index contributed by atoms with van der Waals surface area (Å²) >= 11 is 14.1. The minimum Gasteiger partial charge on any atom is -0.508 e. The average Bonchev–Trinajstić information content (AvgIpc) is 0.765. The normalized spacial score (nSPS) is 26.6. The van der Waals surface area contributed by atoms with Crippen molar-refractivity contribution in [2.75, 3.05) is 13.7 Å². The number of halogens is 2. The molecule has 18 atom stereocenters. The van der Waals surface area contributed by atoms with Crippen LogP contribution in [0.4, 0.5) is 0 Å². The van der Waals surface area contributed by atoms with Gasteiger partial charge in [0, 0.05) is 41.1 Å². The van der Waals surface area contributed by atoms with Gasteiger partial charge in [-0.05, 0) is 117 Å². The van der Waals surface area contributed by atoms with Crippen LogP contribution in [0.2, 0.25) is 10.0 Å². The molecule has 1 unspecified atom stereocenters. The third-order valence-electron chi connectivity index (χ3n) is 21.3. The minimum absolute atomic E-state index is 0.0975. The quantitative estimate of drug-likeness (QED) is 0.0282. The number of carboxylic acids is 2. The van der Waals surface area contributed by atoms with E-state index in [-0.39, 0.29) is 46.2 Å². The molecule has 37 heteroatoms. The van der Waals surface area contributed by atoms with E-state index < -0.39 is 243 Å². The van der Waals surface area contributed by atoms with Crippen molar-refractivity contribution in [3.63, 3.8) is 0 Å². The van der Waals surface area contributed by atoms with Crippen molar-refractivity contribution in [2.45, 2.75) is 253 Å². The summed E-state index contributed by atoms with van der Waals surface area (Å²) in [6, 6.07) is -0.679. The topological polar surface area (TPSA) is 568 Å². The van der Waals surface area contributed by atoms with Crippen molar-refractivity contribution in [3.05, 3.63) is 117 Å². The van der Waals surface area contributed by atoms with Crippen LogP contribution < -0.4 is 62.9 Å². The molecule has 650 valence electrons. The molecule has 7 amide bonds. The number of nitrogens with two attached hydrogens (primary N) is 2. The van der Waals surface area contributed by atoms with Gasteiger partial charge in [0.25, 0.3) is 0 Å². The molecule has 0 saturated carbocycles. The molecule has 0 spiro atoms. The molecule has 7 aliphatic heterocycles. The molecular formula is C82H107Cl2N9O26. The summed E-state index contributed by atoms with van der Waals surface area (Å²) in [4.78, 5) is 127. The van der Waals surface area contributed by atoms with Crippen molar-refractivity contribution in [1.29, 1.82) is 0 Å². The zero-order chi connectivity index (χ0) is 87.0. The number of amides is 7. The zero-order valence-corrected chi connectivity index (χ0v) is 68.1. The van der Waals surface area contributed by atoms with E-state index in [0.29, 0.717) is 6.42 Å². The van der Waals surface area contributed by atoms with E-state index in [2.05, 4.69) is 44.1 Å². The second-order valence-corrected chi connectivity index (χ2v) is 31.9. The van der Waals surface area contributed by atoms with Crippen LogP contribution >= 0.6 is 23.2 Å². The molecule has 7 aliphatic rings. The maximum atomic E-state index is 16.0. The number of fused-ring (bicyclic) bond motifs is 15. The fourth-order valence-corrected chi connectivity index (χ4v) is 15.2. The largest absolute Gasteiger partial charge is 0.508 e. The van der Waals surface area contributed by atoms with Gasteiger partial charge in [0.05, 0.1) is 41.3 Å². The number of unbranched alkanes of at least 4 members (excludes halogenated alkanes) is 12. The number of carboxylic acid groups (broad SMARTS) is 2. The SMILES string of the molecule is CCCCCCCCCCCCCCCC(=O)O.CN[C@H](CC(C)C)C(=O)N[C@H]1C(=O)N[C@@H](CC(N)=O)C(=O)N[C@H]2C(=O)N[C@H]3C(=O)N[C@H](C(=O)N[C@@H](C(=O)O)c4cc(O)cc(O)c4-c4cc3ccc4O)[C@H](O)c3ccc(c(Cl)c3)Oc3cc2cc(c3O[C@@H]2O[C@H](CO)[C@@H](O)[C@H](O)[C@H]2O[C@H]2C[C@](C)(N)C(O)[C@H](C)O2)Oc2ccc(cc2Cl)[C@H]1O. The van der Waals surface area contributed by atoms with Crippen LogP contribution in [0.15, 0.2) is 78.9 Å². The molecule has 0 aromatic heterocycles. The summed E-state index contributed by atoms with van der Waals surface area (Å²) < 4.78 is 38.3. The first kappa shape index (κ1) is 93.1. The van der Waals surface area contributed by atoms with Gasteiger partial charge < -0.3 is 133 Å². The molecule has 2 saturated heterocycles. The van der Waals surface area contributed by atoms with Gasteiger partial charge in [0.1, 0.15) is 89.5 Å². The number of aliphatic hydroxyl groups excluding tert-OH is 6. The summed E-state index contributed by atoms with van der Waals surface area (Å²) in [7, 11) is 1.47. The minimum atomic E-state index is -2.35. The summed E-state index contributed by atoms with van der Waals surface area (Å²) in [6.45, 7) is 7.92. The number of ether oxygens (including phenoxy) is 6. The molecule has 12 rings (SSSR count). The lowest BCUT2D eigenvalue weighted by Crippen LogP contribution is -2.64. The van der Waals surface area contributed by atoms with Gasteiger partial charge in [-0.25, -0.2) is 4.79 Å². The first-order valence-electron chi connectivity index (χ1n) is 39.6. The van der Waals surface area contributed by atoms with Gasteiger partial charge in [-0.15, -0.1) is 0 Å². The second kappa shape index (κ2) is 42.0. The van der Waals surface area contributed by atoms with Crippen molar-refractivity contribution in [2.24, 2.45) is 17.4 Å². The lowest BCUT2D eigenvalue weighted by molar-refractivity contribution is -0.333. The predicted octanol–water partition coefficient (Wildman–Crippen LogP) is 5.66. The number of phenols is 3. The summed E-state index contributed by atoms with van der Waals surface area (Å²) in [5, 5.41) is 139. The van der Waals surface area contributed by atoms with E-state index in [0.717, 1.165) is 79.6 Å². The van der Waals surface area contributed by atoms with Crippen LogP contribution in [0.25, 0.3) is 11.1 Å². The monoisotopic (exact) mass is 1700 g/mol. The highest BCUT2D eigenvalue weighted by Crippen LogP contribution is 2.50. The number of nitrogens with one attached hydrogen (secondary N) is 7. The second-order valence-electron chi connectivity index (χ2n) is 31.1. The first-order chi connectivity index (χ1) is 56.4. The molecule has 5 aromatic carbocycles. The van der Waals surface area contributed by atoms with Crippen LogP contribution in [-0.2, 0) is 57.4 Å². The number of carbonyl (C=O) groups excluding carboxylic acids is 7. The third kappa shape index (κ3) is 23.7. The summed E-state index contributed by atoms with van der Waals surface area (Å²) in [5.74, 6) is -16.6. The Bertz CT molecular complexity index is 4460. The highest BCUT2D eigenvalue weighted by atomic mass is 35.5. The molecule has 7 heterocycles. The molecule has 0 radical (unpaired) electrons. The van der Waals surface area contributed by atoms with E-state index >= 15 is 14.4 Å². The van der Waals surface area contributed by atoms with Crippen molar-refractivity contribution >= 4 is 76.5 Å². The molecule has 22 N–H and O–H groups in total. The number of rotatable bonds is 27. The van der Waals surface area contributed by atoms with Gasteiger partial charge in [0.2, 0.25) is 53.4 Å². The van der Waals surface area contributed by atoms with Crippen molar-refractivity contribution in [3.8, 4) is 57.1 Å². The molecular weight excluding hydrogens is 1600 g/mol. The standard InChI is InChI=1S/C66H75Cl2N9O24.C16H32O2/c1-23(2)12-34(71-5)58(88)76-49-51(83)26-7-10-38(32(67)14-26)97-40-16-28-17-41(55(40)101-65-56(54(86)53(85)42(22-78)99-65)100-44-21-66(4,70)57(87)24(3)96-44)98-39-11-8-27(15-33(39)68)52(84)50-63(93)75-48(64(94)95)31-18-29(79)19-37(81)45(31)30-13-25(6-9-36(30)80)46(60(90)77-50)74-61(91)47(28)73-59(89)35(20-43(69)82)72-62(49)92;1-2-3-4-5-6-7-8-9-10-11-12-13-14-15-16(17)18/h6-11,13-19,23-24,34-35,42,44,46-54,56-57,65,71,78-81,83-87H,12,20-22,70H2,1-5H3,(H2,69,82)(H,72,92)(H,73,89)(H,74,91)(H,75,93)(H,76,88)(H,77,90)(H,94,95);2-15H2,1H3,(H,17,18)/t24-,34+,35-,42+,44-,46+,47+,48+,49+,50-,51+,52+,53+,54-,56+,57?,65-,66-;/m0./s1. The lowest BCUT2D eigenvalue weighted by Gasteiger charge is -2.47. The number of phenolic OH excluding ortho intramolecular Hbond substituents is 3. The molecule has 0 aliphatic carbocycles. The molecule has 119 heavy (non-hydrogen) atoms. The number of aromatic hydroxyl groups is 3. The van der Waals surface area contributed by atoms with E-state index in [1.165, 1.54) is 104 Å². The zero-order valence-electron chi connectivity index (χ0n) is 66.6. The third-order valence-corrected chi connectivity index (χ3v) is 21.9. The van der Waals surface area contributed by atoms with Crippen LogP contribution in [0, 0.1) is 5.92 Å². The Morgan fingerprint density at radius 1 is 0.647 bits per heavy atom. The molecule has 5 aromatic rings. The number of benzene rings is 5. The van der Waals surface area contributed by atoms with E-state index in [1.807, 2.05) is 13.8 Å². The predicted molar refractivity (Wildman–Crippen MR) is 427 cm³/mol. The Hall–Kier alpha value is -9.73. The summed E-state index contributed by atoms with van der Waals surface area (Å²) in [6.07, 6.45) is -1.28. The van der Waals surface area contributed by atoms with Crippen LogP contribution in [-0.4, -0.2) is 202 Å². The van der Waals surface area contributed by atoms with Gasteiger partial charge >= 0.3 is 11.9 Å².